The van der Waals surface area contributed by atoms with E-state index in [0.29, 0.717) is 5.56 Å². The number of carbonyl (C=O) groups is 1. The predicted molar refractivity (Wildman–Crippen MR) is 69.4 cm³/mol. The summed E-state index contributed by atoms with van der Waals surface area (Å²) in [5, 5.41) is 6.49. The molecule has 1 aromatic carbocycles. The van der Waals surface area contributed by atoms with Crippen LogP contribution in [0.1, 0.15) is 24.2 Å². The number of hydrogen-bond donors (Lipinski definition) is 2. The van der Waals surface area contributed by atoms with Gasteiger partial charge in [0.25, 0.3) is 0 Å². The number of nitrogens with one attached hydrogen (secondary N) is 2. The third-order valence-corrected chi connectivity index (χ3v) is 2.69. The molecule has 0 aliphatic carbocycles. The van der Waals surface area contributed by atoms with Gasteiger partial charge < -0.3 is 15.4 Å². The van der Waals surface area contributed by atoms with E-state index < -0.39 is 0 Å². The minimum Gasteiger partial charge on any atom is -0.465 e. The number of ether oxygens (including phenoxy) is 1. The molecule has 94 valence electrons. The molecule has 0 saturated heterocycles. The molecule has 0 fully saturated rings. The number of methoxy groups -OCH3 is 1. The Hall–Kier alpha value is -1.55. The molecule has 0 bridgehead atoms. The first-order chi connectivity index (χ1) is 7.98. The van der Waals surface area contributed by atoms with E-state index in [1.165, 1.54) is 7.11 Å². The maximum absolute atomic E-state index is 11.4. The van der Waals surface area contributed by atoms with Crippen molar-refractivity contribution in [2.45, 2.75) is 19.4 Å². The quantitative estimate of drug-likeness (QED) is 0.766. The van der Waals surface area contributed by atoms with E-state index in [2.05, 4.69) is 29.2 Å². The Bertz CT molecular complexity index is 389. The summed E-state index contributed by atoms with van der Waals surface area (Å²) in [6.07, 6.45) is 0. The van der Waals surface area contributed by atoms with Crippen LogP contribution in [0.3, 0.4) is 0 Å². The molecule has 0 aliphatic rings. The van der Waals surface area contributed by atoms with Crippen LogP contribution in [0.2, 0.25) is 0 Å². The number of likely N-dealkylation sites (N-methyl/N-ethyl adjacent to an activating group) is 1. The van der Waals surface area contributed by atoms with Gasteiger partial charge in [-0.25, -0.2) is 4.79 Å². The fourth-order valence-corrected chi connectivity index (χ4v) is 1.29. The highest BCUT2D eigenvalue weighted by atomic mass is 16.5. The molecule has 2 N–H and O–H groups in total. The Morgan fingerprint density at radius 1 is 1.41 bits per heavy atom. The van der Waals surface area contributed by atoms with Crippen molar-refractivity contribution in [3.05, 3.63) is 29.8 Å². The summed E-state index contributed by atoms with van der Waals surface area (Å²) in [6, 6.07) is 7.29. The Morgan fingerprint density at radius 2 is 2.12 bits per heavy atom. The third kappa shape index (κ3) is 4.07. The van der Waals surface area contributed by atoms with Crippen molar-refractivity contribution in [1.29, 1.82) is 0 Å². The smallest absolute Gasteiger partial charge is 0.337 e. The van der Waals surface area contributed by atoms with E-state index in [-0.39, 0.29) is 11.5 Å². The molecule has 0 aliphatic heterocycles. The molecule has 4 nitrogen and oxygen atoms in total. The van der Waals surface area contributed by atoms with E-state index in [1.807, 2.05) is 19.2 Å². The van der Waals surface area contributed by atoms with Gasteiger partial charge in [0.15, 0.2) is 0 Å². The maximum atomic E-state index is 11.4. The van der Waals surface area contributed by atoms with Crippen molar-refractivity contribution in [2.75, 3.05) is 26.0 Å². The largest absolute Gasteiger partial charge is 0.465 e. The summed E-state index contributed by atoms with van der Waals surface area (Å²) >= 11 is 0. The fraction of sp³-hybridized carbons (Fsp3) is 0.462. The molecule has 0 atom stereocenters. The third-order valence-electron chi connectivity index (χ3n) is 2.69. The number of carbonyl (C=O) groups excluding carboxylic acids is 1. The zero-order valence-corrected chi connectivity index (χ0v) is 10.8. The molecule has 0 unspecified atom stereocenters. The fourth-order valence-electron chi connectivity index (χ4n) is 1.29. The molecular formula is C13H20N2O2. The maximum Gasteiger partial charge on any atom is 0.337 e. The van der Waals surface area contributed by atoms with Crippen molar-refractivity contribution in [2.24, 2.45) is 0 Å². The Morgan fingerprint density at radius 3 is 2.71 bits per heavy atom. The van der Waals surface area contributed by atoms with Gasteiger partial charge in [-0.3, -0.25) is 0 Å². The molecule has 0 aromatic heterocycles. The first-order valence-electron chi connectivity index (χ1n) is 5.59. The second-order valence-corrected chi connectivity index (χ2v) is 4.56. The standard InChI is InChI=1S/C13H20N2O2/c1-13(2,14-3)9-15-11-7-5-6-10(8-11)12(16)17-4/h5-8,14-15H,9H2,1-4H3. The predicted octanol–water partition coefficient (Wildman–Crippen LogP) is 1.88. The molecule has 1 rings (SSSR count). The summed E-state index contributed by atoms with van der Waals surface area (Å²) in [5.74, 6) is -0.318. The average molecular weight is 236 g/mol. The lowest BCUT2D eigenvalue weighted by atomic mass is 10.1. The van der Waals surface area contributed by atoms with Crippen LogP contribution in [-0.2, 0) is 4.74 Å². The Balaban J connectivity index is 2.70. The summed E-state index contributed by atoms with van der Waals surface area (Å²) in [4.78, 5) is 11.4. The summed E-state index contributed by atoms with van der Waals surface area (Å²) in [6.45, 7) is 4.97. The van der Waals surface area contributed by atoms with Gasteiger partial charge in [-0.05, 0) is 39.1 Å². The Labute approximate surface area is 102 Å². The topological polar surface area (TPSA) is 50.4 Å². The van der Waals surface area contributed by atoms with Crippen LogP contribution < -0.4 is 10.6 Å². The first kappa shape index (κ1) is 13.5. The lowest BCUT2D eigenvalue weighted by molar-refractivity contribution is 0.0601. The molecular weight excluding hydrogens is 216 g/mol. The highest BCUT2D eigenvalue weighted by Crippen LogP contribution is 2.13. The van der Waals surface area contributed by atoms with Gasteiger partial charge in [0.05, 0.1) is 12.7 Å². The molecule has 0 saturated carbocycles. The number of rotatable bonds is 5. The number of esters is 1. The molecule has 0 spiro atoms. The SMILES string of the molecule is CNC(C)(C)CNc1cccc(C(=O)OC)c1. The number of anilines is 1. The van der Waals surface area contributed by atoms with Crippen LogP contribution in [0.15, 0.2) is 24.3 Å². The van der Waals surface area contributed by atoms with Gasteiger partial charge in [-0.1, -0.05) is 6.07 Å². The van der Waals surface area contributed by atoms with E-state index in [0.717, 1.165) is 12.2 Å². The van der Waals surface area contributed by atoms with Crippen LogP contribution in [0.25, 0.3) is 0 Å². The van der Waals surface area contributed by atoms with Crippen molar-refractivity contribution in [1.82, 2.24) is 5.32 Å². The van der Waals surface area contributed by atoms with E-state index in [1.54, 1.807) is 12.1 Å². The van der Waals surface area contributed by atoms with Gasteiger partial charge in [-0.2, -0.15) is 0 Å². The molecule has 4 heteroatoms. The highest BCUT2D eigenvalue weighted by molar-refractivity contribution is 5.90. The zero-order valence-electron chi connectivity index (χ0n) is 10.8. The molecule has 17 heavy (non-hydrogen) atoms. The Kier molecular flexibility index (Phi) is 4.52. The number of benzene rings is 1. The lowest BCUT2D eigenvalue weighted by Crippen LogP contribution is -2.42. The second kappa shape index (κ2) is 5.68. The summed E-state index contributed by atoms with van der Waals surface area (Å²) in [5.41, 5.74) is 1.47. The van der Waals surface area contributed by atoms with Gasteiger partial charge >= 0.3 is 5.97 Å². The molecule has 0 amide bonds. The summed E-state index contributed by atoms with van der Waals surface area (Å²) in [7, 11) is 3.30. The number of hydrogen-bond acceptors (Lipinski definition) is 4. The van der Waals surface area contributed by atoms with Gasteiger partial charge in [0, 0.05) is 17.8 Å². The second-order valence-electron chi connectivity index (χ2n) is 4.56. The van der Waals surface area contributed by atoms with Crippen LogP contribution in [-0.4, -0.2) is 32.2 Å². The normalized spacial score (nSPS) is 11.1. The molecule has 0 heterocycles. The van der Waals surface area contributed by atoms with Crippen molar-refractivity contribution >= 4 is 11.7 Å². The van der Waals surface area contributed by atoms with Crippen molar-refractivity contribution in [3.8, 4) is 0 Å². The van der Waals surface area contributed by atoms with Crippen LogP contribution >= 0.6 is 0 Å². The first-order valence-corrected chi connectivity index (χ1v) is 5.59. The molecule has 1 aromatic rings. The van der Waals surface area contributed by atoms with E-state index in [4.69, 9.17) is 0 Å². The van der Waals surface area contributed by atoms with Crippen LogP contribution in [0.4, 0.5) is 5.69 Å². The van der Waals surface area contributed by atoms with Crippen LogP contribution in [0.5, 0.6) is 0 Å². The zero-order chi connectivity index (χ0) is 12.9. The highest BCUT2D eigenvalue weighted by Gasteiger charge is 2.14. The summed E-state index contributed by atoms with van der Waals surface area (Å²) < 4.78 is 4.68. The van der Waals surface area contributed by atoms with Crippen molar-refractivity contribution < 1.29 is 9.53 Å². The van der Waals surface area contributed by atoms with Gasteiger partial charge in [0.2, 0.25) is 0 Å². The van der Waals surface area contributed by atoms with Gasteiger partial charge in [-0.15, -0.1) is 0 Å². The monoisotopic (exact) mass is 236 g/mol. The van der Waals surface area contributed by atoms with Crippen molar-refractivity contribution in [3.63, 3.8) is 0 Å². The molecule has 0 radical (unpaired) electrons. The van der Waals surface area contributed by atoms with E-state index >= 15 is 0 Å². The average Bonchev–Trinajstić information content (AvgIpc) is 2.36. The minimum absolute atomic E-state index is 0.00126. The van der Waals surface area contributed by atoms with E-state index in [9.17, 15) is 4.79 Å². The lowest BCUT2D eigenvalue weighted by Gasteiger charge is -2.25. The van der Waals surface area contributed by atoms with Crippen LogP contribution in [0, 0.1) is 0 Å². The minimum atomic E-state index is -0.318. The van der Waals surface area contributed by atoms with Gasteiger partial charge in [0.1, 0.15) is 0 Å².